The molecule has 120 valence electrons. The summed E-state index contributed by atoms with van der Waals surface area (Å²) in [5, 5.41) is 11.8. The maximum atomic E-state index is 12.4. The molecule has 0 spiro atoms. The molecular weight excluding hydrogens is 290 g/mol. The van der Waals surface area contributed by atoms with E-state index < -0.39 is 11.9 Å². The molecule has 0 bridgehead atoms. The van der Waals surface area contributed by atoms with Crippen LogP contribution in [0, 0.1) is 5.92 Å². The summed E-state index contributed by atoms with van der Waals surface area (Å²) < 4.78 is 0. The van der Waals surface area contributed by atoms with Crippen LogP contribution in [0.5, 0.6) is 0 Å². The first kappa shape index (κ1) is 15.5. The van der Waals surface area contributed by atoms with Crippen LogP contribution < -0.4 is 0 Å². The summed E-state index contributed by atoms with van der Waals surface area (Å²) in [6, 6.07) is 13.5. The maximum Gasteiger partial charge on any atom is 0.308 e. The molecule has 1 aliphatic rings. The van der Waals surface area contributed by atoms with Crippen LogP contribution in [0.2, 0.25) is 0 Å². The Balaban J connectivity index is 2.16. The van der Waals surface area contributed by atoms with E-state index in [0.717, 1.165) is 22.8 Å². The fourth-order valence-electron chi connectivity index (χ4n) is 3.61. The molecule has 23 heavy (non-hydrogen) atoms. The molecule has 1 aliphatic heterocycles. The van der Waals surface area contributed by atoms with Crippen molar-refractivity contribution >= 4 is 22.6 Å². The van der Waals surface area contributed by atoms with Gasteiger partial charge in [0.1, 0.15) is 0 Å². The first-order valence-electron chi connectivity index (χ1n) is 8.13. The number of benzene rings is 2. The molecule has 2 aromatic rings. The van der Waals surface area contributed by atoms with Gasteiger partial charge in [-0.1, -0.05) is 49.4 Å². The molecule has 0 aliphatic carbocycles. The van der Waals surface area contributed by atoms with Gasteiger partial charge in [-0.25, -0.2) is 0 Å². The Morgan fingerprint density at radius 3 is 2.70 bits per heavy atom. The van der Waals surface area contributed by atoms with E-state index in [1.165, 1.54) is 0 Å². The van der Waals surface area contributed by atoms with Crippen LogP contribution >= 0.6 is 0 Å². The molecule has 0 aromatic heterocycles. The smallest absolute Gasteiger partial charge is 0.308 e. The van der Waals surface area contributed by atoms with Crippen LogP contribution in [-0.2, 0) is 9.59 Å². The number of carboxylic acids is 1. The van der Waals surface area contributed by atoms with Crippen molar-refractivity contribution in [2.24, 2.45) is 5.92 Å². The molecule has 2 unspecified atom stereocenters. The molecule has 2 atom stereocenters. The summed E-state index contributed by atoms with van der Waals surface area (Å²) in [7, 11) is 0. The van der Waals surface area contributed by atoms with Crippen LogP contribution in [-0.4, -0.2) is 28.4 Å². The van der Waals surface area contributed by atoms with Gasteiger partial charge in [0.2, 0.25) is 5.91 Å². The molecule has 0 saturated carbocycles. The van der Waals surface area contributed by atoms with Gasteiger partial charge in [0.25, 0.3) is 0 Å². The first-order chi connectivity index (χ1) is 11.1. The van der Waals surface area contributed by atoms with Crippen LogP contribution in [0.3, 0.4) is 0 Å². The highest BCUT2D eigenvalue weighted by Crippen LogP contribution is 2.39. The zero-order valence-corrected chi connectivity index (χ0v) is 13.2. The number of hydrogen-bond donors (Lipinski definition) is 1. The van der Waals surface area contributed by atoms with Gasteiger partial charge in [-0.3, -0.25) is 9.59 Å². The molecule has 1 N–H and O–H groups in total. The van der Waals surface area contributed by atoms with E-state index in [1.54, 1.807) is 4.90 Å². The van der Waals surface area contributed by atoms with Gasteiger partial charge in [0.05, 0.1) is 12.0 Å². The van der Waals surface area contributed by atoms with Gasteiger partial charge in [-0.05, 0) is 29.2 Å². The molecule has 1 saturated heterocycles. The maximum absolute atomic E-state index is 12.4. The first-order valence-corrected chi connectivity index (χ1v) is 8.13. The minimum absolute atomic E-state index is 0.0577. The summed E-state index contributed by atoms with van der Waals surface area (Å²) in [5.74, 6) is -1.32. The number of likely N-dealkylation sites (tertiary alicyclic amines) is 1. The number of nitrogens with zero attached hydrogens (tertiary/aromatic N) is 1. The average Bonchev–Trinajstić information content (AvgIpc) is 2.56. The number of carbonyl (C=O) groups is 2. The van der Waals surface area contributed by atoms with Crippen LogP contribution in [0.25, 0.3) is 10.8 Å². The Kier molecular flexibility index (Phi) is 4.33. The number of aliphatic carboxylic acids is 1. The number of hydrogen-bond acceptors (Lipinski definition) is 2. The number of carbonyl (C=O) groups excluding carboxylic acids is 1. The van der Waals surface area contributed by atoms with Gasteiger partial charge in [0.15, 0.2) is 0 Å². The highest BCUT2D eigenvalue weighted by molar-refractivity contribution is 5.89. The predicted molar refractivity (Wildman–Crippen MR) is 89.1 cm³/mol. The van der Waals surface area contributed by atoms with Gasteiger partial charge in [-0.2, -0.15) is 0 Å². The number of piperidine rings is 1. The monoisotopic (exact) mass is 311 g/mol. The standard InChI is InChI=1S/C19H21NO3/c1-2-12-20-17(21)11-10-16(19(22)23)18(20)15-9-5-7-13-6-3-4-8-14(13)15/h3-9,16,18H,2,10-12H2,1H3,(H,22,23). The van der Waals surface area contributed by atoms with Crippen molar-refractivity contribution in [2.75, 3.05) is 6.54 Å². The Morgan fingerprint density at radius 1 is 1.22 bits per heavy atom. The highest BCUT2D eigenvalue weighted by atomic mass is 16.4. The van der Waals surface area contributed by atoms with Gasteiger partial charge >= 0.3 is 5.97 Å². The van der Waals surface area contributed by atoms with Gasteiger partial charge in [-0.15, -0.1) is 0 Å². The molecule has 1 fully saturated rings. The summed E-state index contributed by atoms with van der Waals surface area (Å²) in [5.41, 5.74) is 0.942. The van der Waals surface area contributed by atoms with E-state index in [0.29, 0.717) is 19.4 Å². The molecule has 4 nitrogen and oxygen atoms in total. The number of fused-ring (bicyclic) bond motifs is 1. The lowest BCUT2D eigenvalue weighted by molar-refractivity contribution is -0.152. The molecule has 2 aromatic carbocycles. The van der Waals surface area contributed by atoms with E-state index in [9.17, 15) is 14.7 Å². The number of carboxylic acid groups (broad SMARTS) is 1. The molecule has 3 rings (SSSR count). The zero-order chi connectivity index (χ0) is 16.4. The summed E-state index contributed by atoms with van der Waals surface area (Å²) in [6.45, 7) is 2.61. The van der Waals surface area contributed by atoms with E-state index in [4.69, 9.17) is 0 Å². The van der Waals surface area contributed by atoms with Crippen LogP contribution in [0.4, 0.5) is 0 Å². The third kappa shape index (κ3) is 2.81. The van der Waals surface area contributed by atoms with Crippen LogP contribution in [0.1, 0.15) is 37.8 Å². The minimum Gasteiger partial charge on any atom is -0.481 e. The van der Waals surface area contributed by atoms with Crippen molar-refractivity contribution in [3.8, 4) is 0 Å². The topological polar surface area (TPSA) is 57.6 Å². The largest absolute Gasteiger partial charge is 0.481 e. The van der Waals surface area contributed by atoms with Crippen molar-refractivity contribution in [3.63, 3.8) is 0 Å². The Hall–Kier alpha value is -2.36. The zero-order valence-electron chi connectivity index (χ0n) is 13.2. The van der Waals surface area contributed by atoms with Crippen molar-refractivity contribution in [2.45, 2.75) is 32.2 Å². The molecule has 1 amide bonds. The normalized spacial score (nSPS) is 21.6. The second kappa shape index (κ2) is 6.41. The van der Waals surface area contributed by atoms with Crippen molar-refractivity contribution < 1.29 is 14.7 Å². The third-order valence-electron chi connectivity index (χ3n) is 4.63. The highest BCUT2D eigenvalue weighted by Gasteiger charge is 2.40. The third-order valence-corrected chi connectivity index (χ3v) is 4.63. The fourth-order valence-corrected chi connectivity index (χ4v) is 3.61. The molecule has 1 heterocycles. The molecule has 0 radical (unpaired) electrons. The van der Waals surface area contributed by atoms with Gasteiger partial charge in [0, 0.05) is 13.0 Å². The lowest BCUT2D eigenvalue weighted by Gasteiger charge is -2.40. The summed E-state index contributed by atoms with van der Waals surface area (Å²) >= 11 is 0. The Morgan fingerprint density at radius 2 is 1.96 bits per heavy atom. The summed E-state index contributed by atoms with van der Waals surface area (Å²) in [4.78, 5) is 26.0. The van der Waals surface area contributed by atoms with Crippen molar-refractivity contribution in [3.05, 3.63) is 48.0 Å². The second-order valence-electron chi connectivity index (χ2n) is 6.08. The fraction of sp³-hybridized carbons (Fsp3) is 0.368. The summed E-state index contributed by atoms with van der Waals surface area (Å²) in [6.07, 6.45) is 1.54. The van der Waals surface area contributed by atoms with Crippen molar-refractivity contribution in [1.29, 1.82) is 0 Å². The quantitative estimate of drug-likeness (QED) is 0.938. The second-order valence-corrected chi connectivity index (χ2v) is 6.08. The van der Waals surface area contributed by atoms with Crippen LogP contribution in [0.15, 0.2) is 42.5 Å². The Bertz CT molecular complexity index is 735. The van der Waals surface area contributed by atoms with E-state index in [-0.39, 0.29) is 11.9 Å². The molecule has 4 heteroatoms. The SMILES string of the molecule is CCCN1C(=O)CCC(C(=O)O)C1c1cccc2ccccc12. The minimum atomic E-state index is -0.823. The van der Waals surface area contributed by atoms with E-state index in [2.05, 4.69) is 0 Å². The van der Waals surface area contributed by atoms with Gasteiger partial charge < -0.3 is 10.0 Å². The van der Waals surface area contributed by atoms with E-state index in [1.807, 2.05) is 49.4 Å². The average molecular weight is 311 g/mol. The number of amides is 1. The Labute approximate surface area is 135 Å². The van der Waals surface area contributed by atoms with E-state index >= 15 is 0 Å². The predicted octanol–water partition coefficient (Wildman–Crippen LogP) is 3.61. The lowest BCUT2D eigenvalue weighted by Crippen LogP contribution is -2.45. The number of rotatable bonds is 4. The lowest BCUT2D eigenvalue weighted by atomic mass is 9.82. The van der Waals surface area contributed by atoms with Crippen molar-refractivity contribution in [1.82, 2.24) is 4.90 Å². The molecular formula is C19H21NO3.